The lowest BCUT2D eigenvalue weighted by molar-refractivity contribution is -0.127. The van der Waals surface area contributed by atoms with E-state index in [0.717, 1.165) is 30.6 Å². The molecule has 0 spiro atoms. The van der Waals surface area contributed by atoms with Crippen LogP contribution in [0.1, 0.15) is 35.8 Å². The summed E-state index contributed by atoms with van der Waals surface area (Å²) in [7, 11) is 0. The monoisotopic (exact) mass is 406 g/mol. The summed E-state index contributed by atoms with van der Waals surface area (Å²) >= 11 is 1.42. The molecule has 1 aliphatic rings. The lowest BCUT2D eigenvalue weighted by Crippen LogP contribution is -2.38. The van der Waals surface area contributed by atoms with Crippen LogP contribution in [-0.2, 0) is 4.79 Å². The SMILES string of the molecule is Cc1nc(Nc2nncs2)cc([C@@H]2CCCN(C(=O)/C=C/c3ccccc3)C2)n1. The number of anilines is 2. The fourth-order valence-corrected chi connectivity index (χ4v) is 3.91. The fraction of sp³-hybridized carbons (Fsp3) is 0.286. The van der Waals surface area contributed by atoms with E-state index in [9.17, 15) is 4.79 Å². The summed E-state index contributed by atoms with van der Waals surface area (Å²) in [6.07, 6.45) is 5.48. The van der Waals surface area contributed by atoms with Gasteiger partial charge in [-0.25, -0.2) is 9.97 Å². The van der Waals surface area contributed by atoms with Gasteiger partial charge in [-0.3, -0.25) is 4.79 Å². The van der Waals surface area contributed by atoms with E-state index in [-0.39, 0.29) is 11.8 Å². The molecule has 0 unspecified atom stereocenters. The number of likely N-dealkylation sites (tertiary alicyclic amines) is 1. The minimum Gasteiger partial charge on any atom is -0.338 e. The van der Waals surface area contributed by atoms with Gasteiger partial charge in [0.15, 0.2) is 0 Å². The maximum absolute atomic E-state index is 12.7. The van der Waals surface area contributed by atoms with Gasteiger partial charge in [0.2, 0.25) is 11.0 Å². The molecule has 4 rings (SSSR count). The summed E-state index contributed by atoms with van der Waals surface area (Å²) in [5.74, 6) is 1.63. The number of carbonyl (C=O) groups is 1. The molecule has 3 heterocycles. The molecule has 8 heteroatoms. The summed E-state index contributed by atoms with van der Waals surface area (Å²) in [5.41, 5.74) is 3.65. The Labute approximate surface area is 173 Å². The van der Waals surface area contributed by atoms with E-state index in [0.29, 0.717) is 23.3 Å². The first-order valence-electron chi connectivity index (χ1n) is 9.58. The molecule has 7 nitrogen and oxygen atoms in total. The van der Waals surface area contributed by atoms with E-state index in [1.807, 2.05) is 54.3 Å². The second kappa shape index (κ2) is 8.91. The van der Waals surface area contributed by atoms with E-state index in [4.69, 9.17) is 0 Å². The van der Waals surface area contributed by atoms with Crippen molar-refractivity contribution in [2.24, 2.45) is 0 Å². The lowest BCUT2D eigenvalue weighted by Gasteiger charge is -2.32. The van der Waals surface area contributed by atoms with E-state index >= 15 is 0 Å². The quantitative estimate of drug-likeness (QED) is 0.649. The first-order valence-corrected chi connectivity index (χ1v) is 10.5. The summed E-state index contributed by atoms with van der Waals surface area (Å²) in [4.78, 5) is 23.7. The average Bonchev–Trinajstić information content (AvgIpc) is 3.25. The van der Waals surface area contributed by atoms with Gasteiger partial charge in [-0.15, -0.1) is 10.2 Å². The van der Waals surface area contributed by atoms with Gasteiger partial charge in [-0.2, -0.15) is 0 Å². The molecule has 0 aliphatic carbocycles. The molecule has 0 radical (unpaired) electrons. The highest BCUT2D eigenvalue weighted by atomic mass is 32.1. The summed E-state index contributed by atoms with van der Waals surface area (Å²) in [6.45, 7) is 3.31. The van der Waals surface area contributed by atoms with Gasteiger partial charge >= 0.3 is 0 Å². The van der Waals surface area contributed by atoms with Gasteiger partial charge in [0.25, 0.3) is 0 Å². The summed E-state index contributed by atoms with van der Waals surface area (Å²) in [5, 5.41) is 11.7. The molecule has 1 fully saturated rings. The number of aromatic nitrogens is 4. The molecule has 1 aromatic carbocycles. The molecule has 1 amide bonds. The van der Waals surface area contributed by atoms with Gasteiger partial charge in [-0.1, -0.05) is 41.7 Å². The number of hydrogen-bond donors (Lipinski definition) is 1. The molecule has 1 atom stereocenters. The fourth-order valence-electron chi connectivity index (χ4n) is 3.46. The number of nitrogens with zero attached hydrogens (tertiary/aromatic N) is 5. The Balaban J connectivity index is 1.46. The highest BCUT2D eigenvalue weighted by Gasteiger charge is 2.25. The Kier molecular flexibility index (Phi) is 5.90. The third-order valence-corrected chi connectivity index (χ3v) is 5.43. The van der Waals surface area contributed by atoms with Gasteiger partial charge in [-0.05, 0) is 31.4 Å². The Morgan fingerprint density at radius 2 is 2.14 bits per heavy atom. The largest absolute Gasteiger partial charge is 0.338 e. The van der Waals surface area contributed by atoms with Crippen LogP contribution in [0.15, 0.2) is 48.0 Å². The maximum Gasteiger partial charge on any atom is 0.246 e. The Hall–Kier alpha value is -3.13. The van der Waals surface area contributed by atoms with Gasteiger partial charge in [0.1, 0.15) is 17.2 Å². The maximum atomic E-state index is 12.7. The molecule has 148 valence electrons. The molecule has 0 bridgehead atoms. The number of aryl methyl sites for hydroxylation is 1. The van der Waals surface area contributed by atoms with Crippen molar-refractivity contribution in [1.29, 1.82) is 0 Å². The number of carbonyl (C=O) groups excluding carboxylic acids is 1. The standard InChI is InChI=1S/C21H22N6OS/c1-15-23-18(12-19(24-15)25-21-26-22-14-29-21)17-8-5-11-27(13-17)20(28)10-9-16-6-3-2-4-7-16/h2-4,6-7,9-10,12,14,17H,5,8,11,13H2,1H3,(H,23,24,25,26)/b10-9+/t17-/m1/s1. The normalized spacial score (nSPS) is 16.9. The van der Waals surface area contributed by atoms with Crippen molar-refractivity contribution < 1.29 is 4.79 Å². The van der Waals surface area contributed by atoms with E-state index in [1.165, 1.54) is 11.3 Å². The highest BCUT2D eigenvalue weighted by molar-refractivity contribution is 7.13. The number of amides is 1. The predicted octanol–water partition coefficient (Wildman–Crippen LogP) is 3.80. The first-order chi connectivity index (χ1) is 14.2. The van der Waals surface area contributed by atoms with Gasteiger partial charge in [0.05, 0.1) is 5.69 Å². The molecule has 1 N–H and O–H groups in total. The smallest absolute Gasteiger partial charge is 0.246 e. The van der Waals surface area contributed by atoms with Crippen molar-refractivity contribution in [3.8, 4) is 0 Å². The van der Waals surface area contributed by atoms with Crippen LogP contribution < -0.4 is 5.32 Å². The number of hydrogen-bond acceptors (Lipinski definition) is 7. The van der Waals surface area contributed by atoms with Crippen molar-refractivity contribution in [2.75, 3.05) is 18.4 Å². The average molecular weight is 407 g/mol. The highest BCUT2D eigenvalue weighted by Crippen LogP contribution is 2.28. The molecule has 29 heavy (non-hydrogen) atoms. The summed E-state index contributed by atoms with van der Waals surface area (Å²) in [6, 6.07) is 11.8. The van der Waals surface area contributed by atoms with Crippen LogP contribution in [-0.4, -0.2) is 44.1 Å². The molecule has 3 aromatic rings. The second-order valence-corrected chi connectivity index (χ2v) is 7.79. The summed E-state index contributed by atoms with van der Waals surface area (Å²) < 4.78 is 0. The minimum atomic E-state index is 0.0385. The molecule has 1 aliphatic heterocycles. The number of rotatable bonds is 5. The second-order valence-electron chi connectivity index (χ2n) is 6.96. The molecule has 2 aromatic heterocycles. The van der Waals surface area contributed by atoms with Crippen molar-refractivity contribution in [2.45, 2.75) is 25.7 Å². The number of benzene rings is 1. The first kappa shape index (κ1) is 19.2. The molecule has 1 saturated heterocycles. The molecular formula is C21H22N6OS. The van der Waals surface area contributed by atoms with E-state index in [2.05, 4.69) is 25.5 Å². The van der Waals surface area contributed by atoms with Crippen molar-refractivity contribution in [3.63, 3.8) is 0 Å². The van der Waals surface area contributed by atoms with Crippen LogP contribution in [0.2, 0.25) is 0 Å². The van der Waals surface area contributed by atoms with Crippen molar-refractivity contribution in [3.05, 3.63) is 65.1 Å². The van der Waals surface area contributed by atoms with Crippen LogP contribution >= 0.6 is 11.3 Å². The van der Waals surface area contributed by atoms with Crippen molar-refractivity contribution >= 4 is 34.3 Å². The van der Waals surface area contributed by atoms with Gasteiger partial charge in [0, 0.05) is 31.1 Å². The van der Waals surface area contributed by atoms with Crippen LogP contribution in [0.4, 0.5) is 10.9 Å². The van der Waals surface area contributed by atoms with E-state index < -0.39 is 0 Å². The third-order valence-electron chi connectivity index (χ3n) is 4.82. The Morgan fingerprint density at radius 3 is 2.93 bits per heavy atom. The van der Waals surface area contributed by atoms with Crippen LogP contribution in [0, 0.1) is 6.92 Å². The predicted molar refractivity (Wildman–Crippen MR) is 114 cm³/mol. The zero-order valence-corrected chi connectivity index (χ0v) is 17.0. The molecular weight excluding hydrogens is 384 g/mol. The van der Waals surface area contributed by atoms with Crippen LogP contribution in [0.5, 0.6) is 0 Å². The number of nitrogens with one attached hydrogen (secondary N) is 1. The van der Waals surface area contributed by atoms with Crippen LogP contribution in [0.25, 0.3) is 6.08 Å². The van der Waals surface area contributed by atoms with Crippen LogP contribution in [0.3, 0.4) is 0 Å². The topological polar surface area (TPSA) is 83.9 Å². The minimum absolute atomic E-state index is 0.0385. The third kappa shape index (κ3) is 5.03. The Bertz CT molecular complexity index is 990. The van der Waals surface area contributed by atoms with E-state index in [1.54, 1.807) is 11.6 Å². The molecule has 0 saturated carbocycles. The number of piperidine rings is 1. The zero-order chi connectivity index (χ0) is 20.1. The van der Waals surface area contributed by atoms with Crippen molar-refractivity contribution in [1.82, 2.24) is 25.1 Å². The van der Waals surface area contributed by atoms with Gasteiger partial charge < -0.3 is 10.2 Å². The lowest BCUT2D eigenvalue weighted by atomic mass is 9.94. The Morgan fingerprint density at radius 1 is 1.28 bits per heavy atom. The zero-order valence-electron chi connectivity index (χ0n) is 16.2.